The molecule has 1 atom stereocenters. The van der Waals surface area contributed by atoms with Gasteiger partial charge in [0.15, 0.2) is 0 Å². The lowest BCUT2D eigenvalue weighted by atomic mass is 9.96. The average Bonchev–Trinajstić information content (AvgIpc) is 3.09. The van der Waals surface area contributed by atoms with Crippen LogP contribution in [0.2, 0.25) is 0 Å². The molecule has 2 amide bonds. The molecule has 0 spiro atoms. The molecule has 1 aromatic heterocycles. The van der Waals surface area contributed by atoms with E-state index in [2.05, 4.69) is 16.3 Å². The van der Waals surface area contributed by atoms with E-state index < -0.39 is 0 Å². The number of amides is 2. The van der Waals surface area contributed by atoms with E-state index in [0.29, 0.717) is 12.1 Å². The van der Waals surface area contributed by atoms with Crippen LogP contribution >= 0.6 is 0 Å². The summed E-state index contributed by atoms with van der Waals surface area (Å²) in [4.78, 5) is 29.9. The van der Waals surface area contributed by atoms with E-state index in [0.717, 1.165) is 28.7 Å². The predicted molar refractivity (Wildman–Crippen MR) is 114 cm³/mol. The van der Waals surface area contributed by atoms with Gasteiger partial charge in [-0.15, -0.1) is 0 Å². The van der Waals surface area contributed by atoms with Crippen LogP contribution in [0.5, 0.6) is 0 Å². The minimum atomic E-state index is -0.269. The number of carbonyl (C=O) groups excluding carboxylic acids is 2. The molecule has 0 bridgehead atoms. The molecule has 7 nitrogen and oxygen atoms in total. The number of anilines is 1. The normalized spacial score (nSPS) is 17.5. The van der Waals surface area contributed by atoms with E-state index in [9.17, 15) is 9.59 Å². The Kier molecular flexibility index (Phi) is 4.47. The highest BCUT2D eigenvalue weighted by Gasteiger charge is 2.42. The molecule has 0 saturated carbocycles. The maximum atomic E-state index is 13.3. The van der Waals surface area contributed by atoms with Gasteiger partial charge in [-0.1, -0.05) is 30.3 Å². The molecule has 0 fully saturated rings. The van der Waals surface area contributed by atoms with Crippen molar-refractivity contribution >= 4 is 28.4 Å². The molecule has 1 unspecified atom stereocenters. The van der Waals surface area contributed by atoms with Crippen molar-refractivity contribution in [2.45, 2.75) is 19.1 Å². The topological polar surface area (TPSA) is 77.8 Å². The van der Waals surface area contributed by atoms with Crippen LogP contribution in [0.15, 0.2) is 48.5 Å². The van der Waals surface area contributed by atoms with Gasteiger partial charge in [0.25, 0.3) is 5.91 Å². The highest BCUT2D eigenvalue weighted by molar-refractivity contribution is 6.02. The Balaban J connectivity index is 1.68. The smallest absolute Gasteiger partial charge is 0.257 e. The van der Waals surface area contributed by atoms with Gasteiger partial charge in [-0.25, -0.2) is 0 Å². The molecule has 2 N–H and O–H groups in total. The molecule has 0 aliphatic carbocycles. The highest BCUT2D eigenvalue weighted by atomic mass is 16.3. The van der Waals surface area contributed by atoms with Gasteiger partial charge in [0.1, 0.15) is 12.7 Å². The first-order chi connectivity index (χ1) is 14.6. The Bertz CT molecular complexity index is 1150. The zero-order valence-electron chi connectivity index (χ0n) is 16.8. The predicted octanol–water partition coefficient (Wildman–Crippen LogP) is 1.90. The zero-order valence-corrected chi connectivity index (χ0v) is 16.8. The lowest BCUT2D eigenvalue weighted by molar-refractivity contribution is -0.121. The van der Waals surface area contributed by atoms with Crippen LogP contribution in [0.3, 0.4) is 0 Å². The second-order valence-electron chi connectivity index (χ2n) is 7.79. The second kappa shape index (κ2) is 7.18. The van der Waals surface area contributed by atoms with Crippen LogP contribution in [-0.4, -0.2) is 53.1 Å². The fourth-order valence-electron chi connectivity index (χ4n) is 4.87. The van der Waals surface area contributed by atoms with Crippen molar-refractivity contribution in [2.24, 2.45) is 0 Å². The van der Waals surface area contributed by atoms with E-state index >= 15 is 0 Å². The monoisotopic (exact) mass is 404 g/mol. The number of aromatic nitrogens is 1. The molecule has 0 radical (unpaired) electrons. The first kappa shape index (κ1) is 18.7. The molecular formula is C23H24N4O3. The van der Waals surface area contributed by atoms with Crippen LogP contribution in [-0.2, 0) is 17.8 Å². The number of carbonyl (C=O) groups is 2. The first-order valence-corrected chi connectivity index (χ1v) is 10.2. The molecule has 7 heteroatoms. The number of aliphatic hydroxyl groups is 1. The molecule has 2 aliphatic rings. The summed E-state index contributed by atoms with van der Waals surface area (Å²) in [5.41, 5.74) is 4.79. The summed E-state index contributed by atoms with van der Waals surface area (Å²) in [6.45, 7) is 0.909. The van der Waals surface area contributed by atoms with E-state index in [1.165, 1.54) is 5.56 Å². The quantitative estimate of drug-likeness (QED) is 0.696. The number of benzene rings is 2. The van der Waals surface area contributed by atoms with Gasteiger partial charge < -0.3 is 24.8 Å². The van der Waals surface area contributed by atoms with Crippen molar-refractivity contribution in [2.75, 3.05) is 31.6 Å². The molecule has 0 saturated heterocycles. The Hall–Kier alpha value is -3.32. The van der Waals surface area contributed by atoms with Crippen molar-refractivity contribution in [1.29, 1.82) is 0 Å². The Morgan fingerprint density at radius 1 is 1.17 bits per heavy atom. The molecule has 5 rings (SSSR count). The van der Waals surface area contributed by atoms with E-state index in [1.54, 1.807) is 0 Å². The molecule has 30 heavy (non-hydrogen) atoms. The third-order valence-electron chi connectivity index (χ3n) is 6.14. The summed E-state index contributed by atoms with van der Waals surface area (Å²) in [6.07, 6.45) is 0.480. The summed E-state index contributed by atoms with van der Waals surface area (Å²) in [5, 5.41) is 12.9. The Morgan fingerprint density at radius 3 is 2.77 bits per heavy atom. The fraction of sp³-hybridized carbons (Fsp3) is 0.304. The highest BCUT2D eigenvalue weighted by Crippen LogP contribution is 2.44. The van der Waals surface area contributed by atoms with E-state index in [-0.39, 0.29) is 37.7 Å². The second-order valence-corrected chi connectivity index (χ2v) is 7.79. The Morgan fingerprint density at radius 2 is 1.93 bits per heavy atom. The lowest BCUT2D eigenvalue weighted by Crippen LogP contribution is -2.51. The van der Waals surface area contributed by atoms with Crippen molar-refractivity contribution in [3.05, 3.63) is 65.4 Å². The third-order valence-corrected chi connectivity index (χ3v) is 6.14. The van der Waals surface area contributed by atoms with Gasteiger partial charge in [-0.3, -0.25) is 9.59 Å². The molecule has 154 valence electrons. The molecule has 3 aromatic rings. The van der Waals surface area contributed by atoms with Crippen molar-refractivity contribution in [1.82, 2.24) is 14.8 Å². The molecule has 2 aromatic carbocycles. The maximum absolute atomic E-state index is 13.3. The largest absolute Gasteiger partial charge is 0.395 e. The van der Waals surface area contributed by atoms with Gasteiger partial charge in [-0.05, 0) is 30.2 Å². The van der Waals surface area contributed by atoms with Gasteiger partial charge >= 0.3 is 0 Å². The minimum Gasteiger partial charge on any atom is -0.395 e. The summed E-state index contributed by atoms with van der Waals surface area (Å²) in [5.74, 6) is -0.129. The van der Waals surface area contributed by atoms with Gasteiger partial charge in [0.2, 0.25) is 5.91 Å². The number of fused-ring (bicyclic) bond motifs is 6. The van der Waals surface area contributed by atoms with Gasteiger partial charge in [-0.2, -0.15) is 0 Å². The number of hydrogen-bond donors (Lipinski definition) is 2. The van der Waals surface area contributed by atoms with Gasteiger partial charge in [0.05, 0.1) is 23.6 Å². The molecular weight excluding hydrogens is 380 g/mol. The van der Waals surface area contributed by atoms with Crippen LogP contribution < -0.4 is 10.2 Å². The standard InChI is InChI=1S/C23H24N4O3/c1-25-18-8-4-3-7-17(18)23(30)26-12-10-16-15-6-2-5-9-19(15)27(21(16)22(25)26)14-20(29)24-11-13-28/h2-9,22,28H,10-14H2,1H3,(H,24,29). The number of rotatable bonds is 4. The Labute approximate surface area is 174 Å². The average molecular weight is 404 g/mol. The van der Waals surface area contributed by atoms with E-state index in [4.69, 9.17) is 5.11 Å². The van der Waals surface area contributed by atoms with Gasteiger partial charge in [0, 0.05) is 31.0 Å². The summed E-state index contributed by atoms with van der Waals surface area (Å²) < 4.78 is 2.03. The van der Waals surface area contributed by atoms with Crippen LogP contribution in [0.1, 0.15) is 27.8 Å². The number of aliphatic hydroxyl groups excluding tert-OH is 1. The first-order valence-electron chi connectivity index (χ1n) is 10.2. The SMILES string of the molecule is CN1c2ccccc2C(=O)N2CCc3c(n(CC(=O)NCCO)c4ccccc34)C21. The fourth-order valence-corrected chi connectivity index (χ4v) is 4.87. The zero-order chi connectivity index (χ0) is 20.8. The van der Waals surface area contributed by atoms with Crippen LogP contribution in [0.25, 0.3) is 10.9 Å². The molecule has 3 heterocycles. The van der Waals surface area contributed by atoms with Crippen LogP contribution in [0.4, 0.5) is 5.69 Å². The van der Waals surface area contributed by atoms with Crippen LogP contribution in [0, 0.1) is 0 Å². The number of nitrogens with one attached hydrogen (secondary N) is 1. The summed E-state index contributed by atoms with van der Waals surface area (Å²) >= 11 is 0. The summed E-state index contributed by atoms with van der Waals surface area (Å²) in [6, 6.07) is 15.8. The van der Waals surface area contributed by atoms with Crippen molar-refractivity contribution in [3.8, 4) is 0 Å². The summed E-state index contributed by atoms with van der Waals surface area (Å²) in [7, 11) is 2.01. The molecule has 2 aliphatic heterocycles. The number of para-hydroxylation sites is 2. The number of hydrogen-bond acceptors (Lipinski definition) is 4. The van der Waals surface area contributed by atoms with Crippen molar-refractivity contribution < 1.29 is 14.7 Å². The van der Waals surface area contributed by atoms with Crippen molar-refractivity contribution in [3.63, 3.8) is 0 Å². The third kappa shape index (κ3) is 2.69. The lowest BCUT2D eigenvalue weighted by Gasteiger charge is -2.46. The maximum Gasteiger partial charge on any atom is 0.257 e. The van der Waals surface area contributed by atoms with E-state index in [1.807, 2.05) is 59.0 Å². The minimum absolute atomic E-state index is 0.0286. The number of nitrogens with zero attached hydrogens (tertiary/aromatic N) is 3.